The molecule has 3 aromatic rings. The number of rotatable bonds is 6. The van der Waals surface area contributed by atoms with E-state index in [9.17, 15) is 4.79 Å². The summed E-state index contributed by atoms with van der Waals surface area (Å²) in [7, 11) is 0. The first-order valence-electron chi connectivity index (χ1n) is 9.74. The maximum Gasteiger partial charge on any atom is 0.274 e. The van der Waals surface area contributed by atoms with Crippen LogP contribution in [-0.4, -0.2) is 65.2 Å². The molecule has 0 spiro atoms. The van der Waals surface area contributed by atoms with Crippen molar-refractivity contribution in [3.05, 3.63) is 54.0 Å². The molecule has 8 nitrogen and oxygen atoms in total. The summed E-state index contributed by atoms with van der Waals surface area (Å²) >= 11 is 0. The molecule has 1 saturated heterocycles. The molecule has 0 saturated carbocycles. The Morgan fingerprint density at radius 1 is 1.17 bits per heavy atom. The van der Waals surface area contributed by atoms with Gasteiger partial charge in [0, 0.05) is 43.5 Å². The van der Waals surface area contributed by atoms with E-state index < -0.39 is 0 Å². The van der Waals surface area contributed by atoms with Gasteiger partial charge >= 0.3 is 0 Å². The quantitative estimate of drug-likeness (QED) is 0.665. The second kappa shape index (κ2) is 8.93. The second-order valence-electron chi connectivity index (χ2n) is 6.93. The van der Waals surface area contributed by atoms with Gasteiger partial charge in [-0.05, 0) is 25.1 Å². The van der Waals surface area contributed by atoms with Crippen LogP contribution in [0.1, 0.15) is 16.2 Å². The summed E-state index contributed by atoms with van der Waals surface area (Å²) in [5.74, 6) is 0.171. The number of amides is 1. The van der Waals surface area contributed by atoms with Crippen LogP contribution in [0, 0.1) is 6.92 Å². The number of fused-ring (bicyclic) bond motifs is 1. The van der Waals surface area contributed by atoms with Gasteiger partial charge in [-0.3, -0.25) is 14.7 Å². The van der Waals surface area contributed by atoms with Gasteiger partial charge in [0.15, 0.2) is 0 Å². The third kappa shape index (κ3) is 4.85. The Morgan fingerprint density at radius 3 is 2.86 bits per heavy atom. The number of carbonyl (C=O) groups is 1. The molecule has 4 rings (SSSR count). The van der Waals surface area contributed by atoms with Gasteiger partial charge < -0.3 is 15.4 Å². The number of para-hydroxylation sites is 1. The number of nitrogens with zero attached hydrogens (tertiary/aromatic N) is 4. The van der Waals surface area contributed by atoms with Gasteiger partial charge in [0.05, 0.1) is 24.4 Å². The number of morpholine rings is 1. The maximum absolute atomic E-state index is 12.8. The van der Waals surface area contributed by atoms with Crippen LogP contribution in [0.4, 0.5) is 11.6 Å². The number of pyridine rings is 1. The Balaban J connectivity index is 1.44. The van der Waals surface area contributed by atoms with E-state index in [2.05, 4.69) is 30.5 Å². The highest BCUT2D eigenvalue weighted by atomic mass is 16.5. The lowest BCUT2D eigenvalue weighted by molar-refractivity contribution is 0.0398. The summed E-state index contributed by atoms with van der Waals surface area (Å²) in [6.07, 6.45) is 1.71. The average Bonchev–Trinajstić information content (AvgIpc) is 2.74. The number of aryl methyl sites for hydroxylation is 1. The monoisotopic (exact) mass is 392 g/mol. The van der Waals surface area contributed by atoms with Crippen molar-refractivity contribution in [3.63, 3.8) is 0 Å². The van der Waals surface area contributed by atoms with Crippen molar-refractivity contribution in [3.8, 4) is 0 Å². The first-order chi connectivity index (χ1) is 14.2. The maximum atomic E-state index is 12.8. The molecular formula is C21H24N6O2. The Hall–Kier alpha value is -3.10. The van der Waals surface area contributed by atoms with Crippen LogP contribution in [-0.2, 0) is 4.74 Å². The molecule has 0 atom stereocenters. The number of hydrogen-bond acceptors (Lipinski definition) is 7. The summed E-state index contributed by atoms with van der Waals surface area (Å²) in [4.78, 5) is 28.3. The molecule has 1 aromatic carbocycles. The molecule has 8 heteroatoms. The molecule has 150 valence electrons. The summed E-state index contributed by atoms with van der Waals surface area (Å²) in [5, 5.41) is 7.11. The van der Waals surface area contributed by atoms with Gasteiger partial charge in [0.25, 0.3) is 5.91 Å². The first kappa shape index (κ1) is 19.2. The number of nitrogens with one attached hydrogen (secondary N) is 2. The predicted octanol–water partition coefficient (Wildman–Crippen LogP) is 2.33. The van der Waals surface area contributed by atoms with Crippen LogP contribution in [0.25, 0.3) is 10.9 Å². The normalized spacial score (nSPS) is 14.7. The number of benzene rings is 1. The molecule has 1 fully saturated rings. The zero-order chi connectivity index (χ0) is 20.1. The standard InChI is InChI=1S/C21H24N6O2/c1-15-14-18(26-21(24-15)23-8-9-27-10-12-29-13-11-27)20(28)25-17-6-2-4-16-5-3-7-22-19(16)17/h2-7,14H,8-13H2,1H3,(H,25,28)(H,23,24,26). The van der Waals surface area contributed by atoms with Gasteiger partial charge in [0.1, 0.15) is 5.69 Å². The van der Waals surface area contributed by atoms with Crippen LogP contribution >= 0.6 is 0 Å². The van der Waals surface area contributed by atoms with Crippen molar-refractivity contribution in [2.75, 3.05) is 50.0 Å². The molecule has 1 aliphatic rings. The van der Waals surface area contributed by atoms with Gasteiger partial charge in [-0.25, -0.2) is 9.97 Å². The van der Waals surface area contributed by atoms with E-state index in [4.69, 9.17) is 4.74 Å². The minimum Gasteiger partial charge on any atom is -0.379 e. The number of aromatic nitrogens is 3. The summed E-state index contributed by atoms with van der Waals surface area (Å²) in [5.41, 5.74) is 2.46. The lowest BCUT2D eigenvalue weighted by atomic mass is 10.2. The number of hydrogen-bond donors (Lipinski definition) is 2. The minimum absolute atomic E-state index is 0.287. The van der Waals surface area contributed by atoms with Crippen molar-refractivity contribution < 1.29 is 9.53 Å². The first-order valence-corrected chi connectivity index (χ1v) is 9.74. The third-order valence-electron chi connectivity index (χ3n) is 4.78. The second-order valence-corrected chi connectivity index (χ2v) is 6.93. The van der Waals surface area contributed by atoms with Crippen molar-refractivity contribution in [2.24, 2.45) is 0 Å². The molecule has 0 unspecified atom stereocenters. The van der Waals surface area contributed by atoms with Crippen molar-refractivity contribution in [1.82, 2.24) is 19.9 Å². The zero-order valence-corrected chi connectivity index (χ0v) is 16.4. The number of ether oxygens (including phenoxy) is 1. The van der Waals surface area contributed by atoms with E-state index in [1.165, 1.54) is 0 Å². The van der Waals surface area contributed by atoms with Gasteiger partial charge in [-0.15, -0.1) is 0 Å². The van der Waals surface area contributed by atoms with Crippen LogP contribution in [0.5, 0.6) is 0 Å². The zero-order valence-electron chi connectivity index (χ0n) is 16.4. The highest BCUT2D eigenvalue weighted by Gasteiger charge is 2.14. The van der Waals surface area contributed by atoms with Crippen molar-refractivity contribution in [1.29, 1.82) is 0 Å². The van der Waals surface area contributed by atoms with E-state index in [1.54, 1.807) is 12.3 Å². The van der Waals surface area contributed by atoms with Crippen LogP contribution < -0.4 is 10.6 Å². The van der Waals surface area contributed by atoms with E-state index in [-0.39, 0.29) is 5.91 Å². The van der Waals surface area contributed by atoms with Gasteiger partial charge in [-0.1, -0.05) is 18.2 Å². The fraction of sp³-hybridized carbons (Fsp3) is 0.333. The number of anilines is 2. The molecule has 1 aliphatic heterocycles. The predicted molar refractivity (Wildman–Crippen MR) is 112 cm³/mol. The van der Waals surface area contributed by atoms with Crippen molar-refractivity contribution >= 4 is 28.4 Å². The lowest BCUT2D eigenvalue weighted by Gasteiger charge is -2.26. The largest absolute Gasteiger partial charge is 0.379 e. The molecule has 3 heterocycles. The average molecular weight is 392 g/mol. The molecule has 0 bridgehead atoms. The summed E-state index contributed by atoms with van der Waals surface area (Å²) < 4.78 is 5.36. The Bertz CT molecular complexity index is 998. The van der Waals surface area contributed by atoms with E-state index in [0.717, 1.165) is 49.4 Å². The molecule has 0 aliphatic carbocycles. The molecular weight excluding hydrogens is 368 g/mol. The highest BCUT2D eigenvalue weighted by Crippen LogP contribution is 2.21. The fourth-order valence-corrected chi connectivity index (χ4v) is 3.31. The molecule has 29 heavy (non-hydrogen) atoms. The van der Waals surface area contributed by atoms with Crippen LogP contribution in [0.3, 0.4) is 0 Å². The summed E-state index contributed by atoms with van der Waals surface area (Å²) in [6.45, 7) is 6.85. The minimum atomic E-state index is -0.287. The lowest BCUT2D eigenvalue weighted by Crippen LogP contribution is -2.39. The van der Waals surface area contributed by atoms with E-state index >= 15 is 0 Å². The molecule has 2 N–H and O–H groups in total. The van der Waals surface area contributed by atoms with Crippen LogP contribution in [0.2, 0.25) is 0 Å². The Labute approximate surface area is 169 Å². The Morgan fingerprint density at radius 2 is 2.00 bits per heavy atom. The van der Waals surface area contributed by atoms with E-state index in [0.29, 0.717) is 23.9 Å². The van der Waals surface area contributed by atoms with Gasteiger partial charge in [-0.2, -0.15) is 0 Å². The van der Waals surface area contributed by atoms with Crippen LogP contribution in [0.15, 0.2) is 42.6 Å². The van der Waals surface area contributed by atoms with E-state index in [1.807, 2.05) is 37.3 Å². The van der Waals surface area contributed by atoms with Gasteiger partial charge in [0.2, 0.25) is 5.95 Å². The third-order valence-corrected chi connectivity index (χ3v) is 4.78. The van der Waals surface area contributed by atoms with Crippen molar-refractivity contribution in [2.45, 2.75) is 6.92 Å². The molecule has 1 amide bonds. The molecule has 2 aromatic heterocycles. The number of carbonyl (C=O) groups excluding carboxylic acids is 1. The summed E-state index contributed by atoms with van der Waals surface area (Å²) in [6, 6.07) is 11.2. The smallest absolute Gasteiger partial charge is 0.274 e. The topological polar surface area (TPSA) is 92.3 Å². The fourth-order valence-electron chi connectivity index (χ4n) is 3.31. The SMILES string of the molecule is Cc1cc(C(=O)Nc2cccc3cccnc23)nc(NCCN2CCOCC2)n1. The molecule has 0 radical (unpaired) electrons. The highest BCUT2D eigenvalue weighted by molar-refractivity contribution is 6.07. The Kier molecular flexibility index (Phi) is 5.92.